The smallest absolute Gasteiger partial charge is 0.283 e. The van der Waals surface area contributed by atoms with Crippen molar-refractivity contribution in [2.75, 3.05) is 0 Å². The molecule has 0 unspecified atom stereocenters. The Bertz CT molecular complexity index is 399. The van der Waals surface area contributed by atoms with Gasteiger partial charge in [-0.3, -0.25) is 4.98 Å². The molecule has 0 atom stereocenters. The Hall–Kier alpha value is -1.36. The van der Waals surface area contributed by atoms with Crippen LogP contribution < -0.4 is 0 Å². The molecule has 1 aromatic heterocycles. The van der Waals surface area contributed by atoms with Crippen LogP contribution in [0.2, 0.25) is 0 Å². The van der Waals surface area contributed by atoms with Gasteiger partial charge in [0.2, 0.25) is 0 Å². The van der Waals surface area contributed by atoms with E-state index in [1.807, 2.05) is 18.2 Å². The second-order valence-electron chi connectivity index (χ2n) is 6.54. The molecule has 0 aliphatic carbocycles. The molecule has 0 aromatic carbocycles. The second kappa shape index (κ2) is 4.14. The summed E-state index contributed by atoms with van der Waals surface area (Å²) < 4.78 is 0. The minimum absolute atomic E-state index is 0.165. The Kier molecular flexibility index (Phi) is 3.34. The Morgan fingerprint density at radius 1 is 1.00 bits per heavy atom. The molecule has 0 saturated carbocycles. The fourth-order valence-corrected chi connectivity index (χ4v) is 2.86. The van der Waals surface area contributed by atoms with Crippen molar-refractivity contribution in [2.24, 2.45) is 10.8 Å². The zero-order valence-corrected chi connectivity index (χ0v) is 11.7. The maximum atomic E-state index is 7.74. The molecule has 0 aliphatic rings. The van der Waals surface area contributed by atoms with E-state index >= 15 is 0 Å². The van der Waals surface area contributed by atoms with Gasteiger partial charge in [-0.15, -0.1) is 0 Å². The number of nitrogens with zero attached hydrogens (tertiary/aromatic N) is 2. The summed E-state index contributed by atoms with van der Waals surface area (Å²) in [6.45, 7) is 20.4. The maximum Gasteiger partial charge on any atom is 0.283 e. The molecule has 17 heavy (non-hydrogen) atoms. The van der Waals surface area contributed by atoms with Crippen LogP contribution in [0.1, 0.15) is 47.2 Å². The third kappa shape index (κ3) is 2.07. The first-order chi connectivity index (χ1) is 7.67. The number of hydrogen-bond acceptors (Lipinski definition) is 1. The van der Waals surface area contributed by atoms with Gasteiger partial charge >= 0.3 is 0 Å². The van der Waals surface area contributed by atoms with Crippen molar-refractivity contribution in [3.63, 3.8) is 0 Å². The van der Waals surface area contributed by atoms with Gasteiger partial charge in [0, 0.05) is 17.0 Å². The highest BCUT2D eigenvalue weighted by atomic mass is 14.9. The third-order valence-electron chi connectivity index (χ3n) is 3.37. The van der Waals surface area contributed by atoms with Gasteiger partial charge in [0.25, 0.3) is 5.54 Å². The van der Waals surface area contributed by atoms with Crippen molar-refractivity contribution in [1.82, 2.24) is 4.98 Å². The van der Waals surface area contributed by atoms with E-state index in [-0.39, 0.29) is 10.8 Å². The standard InChI is InChI=1S/C15H22N2/c1-13(2,3)15(16-7,14(4,5)6)12-10-8-9-11-17-12/h8-11H,1-6H3. The summed E-state index contributed by atoms with van der Waals surface area (Å²) >= 11 is 0. The van der Waals surface area contributed by atoms with E-state index in [0.717, 1.165) is 5.69 Å². The van der Waals surface area contributed by atoms with Crippen LogP contribution in [0.25, 0.3) is 4.85 Å². The monoisotopic (exact) mass is 230 g/mol. The molecule has 1 heterocycles. The Labute approximate surface area is 105 Å². The lowest BCUT2D eigenvalue weighted by molar-refractivity contribution is 0.0917. The van der Waals surface area contributed by atoms with E-state index in [9.17, 15) is 0 Å². The predicted molar refractivity (Wildman–Crippen MR) is 71.4 cm³/mol. The van der Waals surface area contributed by atoms with Gasteiger partial charge in [-0.05, 0) is 12.1 Å². The molecule has 0 N–H and O–H groups in total. The summed E-state index contributed by atoms with van der Waals surface area (Å²) in [6, 6.07) is 5.82. The molecule has 1 aromatic rings. The van der Waals surface area contributed by atoms with Crippen LogP contribution in [0.15, 0.2) is 24.4 Å². The molecule has 1 rings (SSSR count). The topological polar surface area (TPSA) is 17.2 Å². The predicted octanol–water partition coefficient (Wildman–Crippen LogP) is 4.29. The van der Waals surface area contributed by atoms with Gasteiger partial charge in [0.05, 0.1) is 0 Å². The SMILES string of the molecule is [C-]#[N+]C(c1ccccn1)(C(C)(C)C)C(C)(C)C. The number of pyridine rings is 1. The van der Waals surface area contributed by atoms with Crippen LogP contribution in [0, 0.1) is 17.4 Å². The summed E-state index contributed by atoms with van der Waals surface area (Å²) in [7, 11) is 0. The summed E-state index contributed by atoms with van der Waals surface area (Å²) in [4.78, 5) is 8.46. The fraction of sp³-hybridized carbons (Fsp3) is 0.600. The highest BCUT2D eigenvalue weighted by molar-refractivity contribution is 5.28. The molecule has 0 spiro atoms. The van der Waals surface area contributed by atoms with Crippen LogP contribution in [-0.4, -0.2) is 4.98 Å². The van der Waals surface area contributed by atoms with Crippen molar-refractivity contribution >= 4 is 0 Å². The van der Waals surface area contributed by atoms with E-state index in [4.69, 9.17) is 6.57 Å². The van der Waals surface area contributed by atoms with Crippen LogP contribution in [-0.2, 0) is 5.54 Å². The molecular weight excluding hydrogens is 208 g/mol. The van der Waals surface area contributed by atoms with Crippen LogP contribution in [0.4, 0.5) is 0 Å². The third-order valence-corrected chi connectivity index (χ3v) is 3.37. The summed E-state index contributed by atoms with van der Waals surface area (Å²) in [6.07, 6.45) is 1.77. The summed E-state index contributed by atoms with van der Waals surface area (Å²) in [5, 5.41) is 0. The lowest BCUT2D eigenvalue weighted by Gasteiger charge is -2.42. The molecule has 0 radical (unpaired) electrons. The van der Waals surface area contributed by atoms with Crippen molar-refractivity contribution in [3.8, 4) is 0 Å². The maximum absolute atomic E-state index is 7.74. The number of hydrogen-bond donors (Lipinski definition) is 0. The van der Waals surface area contributed by atoms with Gasteiger partial charge in [0.15, 0.2) is 0 Å². The fourth-order valence-electron chi connectivity index (χ4n) is 2.86. The van der Waals surface area contributed by atoms with Crippen molar-refractivity contribution < 1.29 is 0 Å². The molecular formula is C15H22N2. The first-order valence-corrected chi connectivity index (χ1v) is 5.97. The molecule has 92 valence electrons. The Balaban J connectivity index is 3.57. The van der Waals surface area contributed by atoms with Crippen molar-refractivity contribution in [2.45, 2.75) is 47.1 Å². The summed E-state index contributed by atoms with van der Waals surface area (Å²) in [5.41, 5.74) is -0.0701. The van der Waals surface area contributed by atoms with E-state index < -0.39 is 5.54 Å². The first kappa shape index (κ1) is 13.7. The van der Waals surface area contributed by atoms with Gasteiger partial charge in [-0.1, -0.05) is 47.6 Å². The Morgan fingerprint density at radius 3 is 1.82 bits per heavy atom. The highest BCUT2D eigenvalue weighted by Crippen LogP contribution is 2.53. The lowest BCUT2D eigenvalue weighted by Crippen LogP contribution is -2.48. The average molecular weight is 230 g/mol. The highest BCUT2D eigenvalue weighted by Gasteiger charge is 2.60. The second-order valence-corrected chi connectivity index (χ2v) is 6.54. The van der Waals surface area contributed by atoms with Crippen LogP contribution >= 0.6 is 0 Å². The minimum atomic E-state index is -0.610. The van der Waals surface area contributed by atoms with E-state index in [2.05, 4.69) is 51.4 Å². The molecule has 0 bridgehead atoms. The normalized spacial score (nSPS) is 13.2. The van der Waals surface area contributed by atoms with E-state index in [1.165, 1.54) is 0 Å². The minimum Gasteiger partial charge on any atom is -0.302 e. The van der Waals surface area contributed by atoms with Gasteiger partial charge in [-0.2, -0.15) is 0 Å². The molecule has 2 heteroatoms. The number of aromatic nitrogens is 1. The zero-order chi connectivity index (χ0) is 13.3. The van der Waals surface area contributed by atoms with Crippen molar-refractivity contribution in [1.29, 1.82) is 0 Å². The van der Waals surface area contributed by atoms with E-state index in [0.29, 0.717) is 0 Å². The molecule has 0 saturated heterocycles. The molecule has 0 aliphatic heterocycles. The van der Waals surface area contributed by atoms with Crippen LogP contribution in [0.5, 0.6) is 0 Å². The van der Waals surface area contributed by atoms with Gasteiger partial charge < -0.3 is 4.85 Å². The van der Waals surface area contributed by atoms with E-state index in [1.54, 1.807) is 6.20 Å². The average Bonchev–Trinajstić information content (AvgIpc) is 2.16. The molecule has 0 fully saturated rings. The number of rotatable bonds is 1. The Morgan fingerprint density at radius 2 is 1.53 bits per heavy atom. The largest absolute Gasteiger partial charge is 0.302 e. The quantitative estimate of drug-likeness (QED) is 0.658. The molecule has 0 amide bonds. The molecule has 2 nitrogen and oxygen atoms in total. The van der Waals surface area contributed by atoms with Gasteiger partial charge in [0.1, 0.15) is 5.69 Å². The van der Waals surface area contributed by atoms with Crippen LogP contribution in [0.3, 0.4) is 0 Å². The van der Waals surface area contributed by atoms with Crippen molar-refractivity contribution in [3.05, 3.63) is 41.5 Å². The summed E-state index contributed by atoms with van der Waals surface area (Å²) in [5.74, 6) is 0. The first-order valence-electron chi connectivity index (χ1n) is 5.97. The zero-order valence-electron chi connectivity index (χ0n) is 11.7. The van der Waals surface area contributed by atoms with Gasteiger partial charge in [-0.25, -0.2) is 6.57 Å². The lowest BCUT2D eigenvalue weighted by atomic mass is 9.59.